The Morgan fingerprint density at radius 1 is 1.24 bits per heavy atom. The van der Waals surface area contributed by atoms with Gasteiger partial charge in [0.1, 0.15) is 12.2 Å². The standard InChI is InChI=1S/C19H28N2O4/c1-19(2,3)25-18(23)20-11-16-9-10-21(12-16)17(22)14-24-13-15-7-5-4-6-8-15/h4-8,16H,9-14H2,1-3H3,(H,20,23). The Labute approximate surface area is 149 Å². The predicted octanol–water partition coefficient (Wildman–Crippen LogP) is 2.58. The first-order valence-corrected chi connectivity index (χ1v) is 8.70. The van der Waals surface area contributed by atoms with E-state index in [1.54, 1.807) is 4.90 Å². The van der Waals surface area contributed by atoms with Gasteiger partial charge >= 0.3 is 6.09 Å². The van der Waals surface area contributed by atoms with E-state index in [0.717, 1.165) is 12.0 Å². The molecule has 1 aliphatic heterocycles. The molecule has 0 saturated carbocycles. The van der Waals surface area contributed by atoms with Crippen LogP contribution in [0.4, 0.5) is 4.79 Å². The zero-order valence-corrected chi connectivity index (χ0v) is 15.3. The quantitative estimate of drug-likeness (QED) is 0.858. The number of amides is 2. The van der Waals surface area contributed by atoms with E-state index in [1.165, 1.54) is 0 Å². The van der Waals surface area contributed by atoms with Crippen LogP contribution < -0.4 is 5.32 Å². The Balaban J connectivity index is 1.64. The summed E-state index contributed by atoms with van der Waals surface area (Å²) in [6, 6.07) is 9.79. The van der Waals surface area contributed by atoms with Crippen LogP contribution >= 0.6 is 0 Å². The molecule has 1 aliphatic rings. The molecule has 0 radical (unpaired) electrons. The van der Waals surface area contributed by atoms with Gasteiger partial charge in [-0.15, -0.1) is 0 Å². The first kappa shape index (κ1) is 19.2. The highest BCUT2D eigenvalue weighted by Crippen LogP contribution is 2.16. The van der Waals surface area contributed by atoms with Gasteiger partial charge in [-0.25, -0.2) is 4.79 Å². The molecule has 0 aromatic heterocycles. The molecule has 6 nitrogen and oxygen atoms in total. The fourth-order valence-electron chi connectivity index (χ4n) is 2.69. The van der Waals surface area contributed by atoms with E-state index in [1.807, 2.05) is 51.1 Å². The second kappa shape index (κ2) is 8.85. The fourth-order valence-corrected chi connectivity index (χ4v) is 2.69. The molecule has 2 amide bonds. The number of nitrogens with one attached hydrogen (secondary N) is 1. The van der Waals surface area contributed by atoms with Gasteiger partial charge < -0.3 is 19.7 Å². The first-order chi connectivity index (χ1) is 11.8. The van der Waals surface area contributed by atoms with E-state index in [0.29, 0.717) is 26.2 Å². The number of carbonyl (C=O) groups excluding carboxylic acids is 2. The third-order valence-electron chi connectivity index (χ3n) is 3.91. The highest BCUT2D eigenvalue weighted by atomic mass is 16.6. The van der Waals surface area contributed by atoms with E-state index < -0.39 is 11.7 Å². The molecular formula is C19H28N2O4. The van der Waals surface area contributed by atoms with Crippen molar-refractivity contribution in [3.05, 3.63) is 35.9 Å². The van der Waals surface area contributed by atoms with Gasteiger partial charge in [0.15, 0.2) is 0 Å². The summed E-state index contributed by atoms with van der Waals surface area (Å²) in [6.07, 6.45) is 0.462. The highest BCUT2D eigenvalue weighted by Gasteiger charge is 2.27. The van der Waals surface area contributed by atoms with Gasteiger partial charge in [0, 0.05) is 19.6 Å². The molecule has 1 unspecified atom stereocenters. The number of nitrogens with zero attached hydrogens (tertiary/aromatic N) is 1. The molecule has 1 aromatic rings. The minimum Gasteiger partial charge on any atom is -0.444 e. The molecule has 0 spiro atoms. The van der Waals surface area contributed by atoms with Crippen molar-refractivity contribution < 1.29 is 19.1 Å². The van der Waals surface area contributed by atoms with Crippen molar-refractivity contribution in [3.63, 3.8) is 0 Å². The Morgan fingerprint density at radius 3 is 2.64 bits per heavy atom. The smallest absolute Gasteiger partial charge is 0.407 e. The fraction of sp³-hybridized carbons (Fsp3) is 0.579. The van der Waals surface area contributed by atoms with Crippen LogP contribution in [0.5, 0.6) is 0 Å². The van der Waals surface area contributed by atoms with Crippen LogP contribution in [0.1, 0.15) is 32.8 Å². The third kappa shape index (κ3) is 7.13. The van der Waals surface area contributed by atoms with Gasteiger partial charge in [-0.05, 0) is 38.7 Å². The Morgan fingerprint density at radius 2 is 1.96 bits per heavy atom. The molecule has 25 heavy (non-hydrogen) atoms. The van der Waals surface area contributed by atoms with Gasteiger partial charge in [-0.1, -0.05) is 30.3 Å². The average Bonchev–Trinajstić information content (AvgIpc) is 3.01. The molecule has 1 N–H and O–H groups in total. The maximum Gasteiger partial charge on any atom is 0.407 e. The Kier molecular flexibility index (Phi) is 6.82. The molecule has 0 bridgehead atoms. The zero-order chi connectivity index (χ0) is 18.3. The minimum atomic E-state index is -0.502. The van der Waals surface area contributed by atoms with E-state index in [-0.39, 0.29) is 18.4 Å². The molecule has 0 aliphatic carbocycles. The van der Waals surface area contributed by atoms with Gasteiger partial charge in [-0.2, -0.15) is 0 Å². The van der Waals surface area contributed by atoms with Crippen molar-refractivity contribution in [1.82, 2.24) is 10.2 Å². The SMILES string of the molecule is CC(C)(C)OC(=O)NCC1CCN(C(=O)COCc2ccccc2)C1. The lowest BCUT2D eigenvalue weighted by atomic mass is 10.1. The van der Waals surface area contributed by atoms with E-state index in [4.69, 9.17) is 9.47 Å². The normalized spacial score (nSPS) is 17.4. The van der Waals surface area contributed by atoms with Crippen LogP contribution in [0.15, 0.2) is 30.3 Å². The molecular weight excluding hydrogens is 320 g/mol. The summed E-state index contributed by atoms with van der Waals surface area (Å²) in [5.74, 6) is 0.251. The van der Waals surface area contributed by atoms with E-state index >= 15 is 0 Å². The maximum atomic E-state index is 12.2. The molecule has 6 heteroatoms. The second-order valence-corrected chi connectivity index (χ2v) is 7.36. The van der Waals surface area contributed by atoms with Gasteiger partial charge in [0.2, 0.25) is 5.91 Å². The predicted molar refractivity (Wildman–Crippen MR) is 95.0 cm³/mol. The second-order valence-electron chi connectivity index (χ2n) is 7.36. The van der Waals surface area contributed by atoms with Crippen molar-refractivity contribution in [1.29, 1.82) is 0 Å². The molecule has 1 atom stereocenters. The number of carbonyl (C=O) groups is 2. The first-order valence-electron chi connectivity index (χ1n) is 8.70. The Hall–Kier alpha value is -2.08. The number of ether oxygens (including phenoxy) is 2. The monoisotopic (exact) mass is 348 g/mol. The number of benzene rings is 1. The lowest BCUT2D eigenvalue weighted by Crippen LogP contribution is -2.37. The molecule has 1 fully saturated rings. The van der Waals surface area contributed by atoms with Crippen molar-refractivity contribution in [3.8, 4) is 0 Å². The van der Waals surface area contributed by atoms with Crippen molar-refractivity contribution in [2.45, 2.75) is 39.4 Å². The molecule has 1 saturated heterocycles. The summed E-state index contributed by atoms with van der Waals surface area (Å²) < 4.78 is 10.7. The number of hydrogen-bond donors (Lipinski definition) is 1. The summed E-state index contributed by atoms with van der Waals surface area (Å²) in [5.41, 5.74) is 0.550. The molecule has 1 aromatic carbocycles. The molecule has 138 valence electrons. The maximum absolute atomic E-state index is 12.2. The number of rotatable bonds is 6. The van der Waals surface area contributed by atoms with Crippen molar-refractivity contribution >= 4 is 12.0 Å². The average molecular weight is 348 g/mol. The van der Waals surface area contributed by atoms with Crippen LogP contribution in [-0.4, -0.2) is 48.7 Å². The highest BCUT2D eigenvalue weighted by molar-refractivity contribution is 5.77. The van der Waals surface area contributed by atoms with Crippen molar-refractivity contribution in [2.75, 3.05) is 26.2 Å². The van der Waals surface area contributed by atoms with Gasteiger partial charge in [0.25, 0.3) is 0 Å². The minimum absolute atomic E-state index is 0.00398. The number of likely N-dealkylation sites (tertiary alicyclic amines) is 1. The lowest BCUT2D eigenvalue weighted by Gasteiger charge is -2.21. The summed E-state index contributed by atoms with van der Waals surface area (Å²) in [5, 5.41) is 2.77. The zero-order valence-electron chi connectivity index (χ0n) is 15.3. The molecule has 2 rings (SSSR count). The van der Waals surface area contributed by atoms with Crippen LogP contribution in [0, 0.1) is 5.92 Å². The van der Waals surface area contributed by atoms with Crippen LogP contribution in [0.2, 0.25) is 0 Å². The van der Waals surface area contributed by atoms with E-state index in [9.17, 15) is 9.59 Å². The lowest BCUT2D eigenvalue weighted by molar-refractivity contribution is -0.135. The Bertz CT molecular complexity index is 569. The summed E-state index contributed by atoms with van der Waals surface area (Å²) in [7, 11) is 0. The largest absolute Gasteiger partial charge is 0.444 e. The van der Waals surface area contributed by atoms with Gasteiger partial charge in [-0.3, -0.25) is 4.79 Å². The number of alkyl carbamates (subject to hydrolysis) is 1. The van der Waals surface area contributed by atoms with Crippen LogP contribution in [0.25, 0.3) is 0 Å². The van der Waals surface area contributed by atoms with Crippen molar-refractivity contribution in [2.24, 2.45) is 5.92 Å². The topological polar surface area (TPSA) is 67.9 Å². The summed E-state index contributed by atoms with van der Waals surface area (Å²) >= 11 is 0. The van der Waals surface area contributed by atoms with Gasteiger partial charge in [0.05, 0.1) is 6.61 Å². The molecule has 1 heterocycles. The number of hydrogen-bond acceptors (Lipinski definition) is 4. The summed E-state index contributed by atoms with van der Waals surface area (Å²) in [6.45, 7) is 7.88. The van der Waals surface area contributed by atoms with E-state index in [2.05, 4.69) is 5.32 Å². The van der Waals surface area contributed by atoms with Crippen LogP contribution in [-0.2, 0) is 20.9 Å². The van der Waals surface area contributed by atoms with Crippen LogP contribution in [0.3, 0.4) is 0 Å². The third-order valence-corrected chi connectivity index (χ3v) is 3.91. The summed E-state index contributed by atoms with van der Waals surface area (Å²) in [4.78, 5) is 25.7.